The number of aryl methyl sites for hydroxylation is 1. The summed E-state index contributed by atoms with van der Waals surface area (Å²) >= 11 is 3.27. The highest BCUT2D eigenvalue weighted by Crippen LogP contribution is 2.16. The van der Waals surface area contributed by atoms with Gasteiger partial charge in [-0.15, -0.1) is 24.0 Å². The van der Waals surface area contributed by atoms with Crippen molar-refractivity contribution in [2.24, 2.45) is 4.99 Å². The zero-order chi connectivity index (χ0) is 15.1. The predicted molar refractivity (Wildman–Crippen MR) is 104 cm³/mol. The Morgan fingerprint density at radius 1 is 1.36 bits per heavy atom. The molecule has 2 rings (SSSR count). The van der Waals surface area contributed by atoms with Crippen LogP contribution in [0.1, 0.15) is 24.8 Å². The fourth-order valence-electron chi connectivity index (χ4n) is 2.33. The standard InChI is InChI=1S/C16H21BrFN3.HI/c1-19-16(21-14-6-2-3-7-14)20-10-4-5-12-8-9-13(17)11-15(12)18;/h2-3,8-9,11,14H,4-7,10H2,1H3,(H2,19,20,21);1H. The molecule has 122 valence electrons. The van der Waals surface area contributed by atoms with Gasteiger partial charge in [-0.25, -0.2) is 4.39 Å². The molecule has 0 amide bonds. The minimum Gasteiger partial charge on any atom is -0.356 e. The number of nitrogens with zero attached hydrogens (tertiary/aromatic N) is 1. The maximum Gasteiger partial charge on any atom is 0.191 e. The van der Waals surface area contributed by atoms with Gasteiger partial charge in [0, 0.05) is 24.1 Å². The summed E-state index contributed by atoms with van der Waals surface area (Å²) in [5.74, 6) is 0.670. The van der Waals surface area contributed by atoms with Crippen LogP contribution in [0.5, 0.6) is 0 Å². The number of guanidine groups is 1. The van der Waals surface area contributed by atoms with Crippen molar-refractivity contribution in [2.75, 3.05) is 13.6 Å². The third-order valence-corrected chi connectivity index (χ3v) is 4.00. The Kier molecular flexibility index (Phi) is 9.00. The van der Waals surface area contributed by atoms with Crippen LogP contribution in [-0.2, 0) is 6.42 Å². The summed E-state index contributed by atoms with van der Waals surface area (Å²) < 4.78 is 14.5. The highest BCUT2D eigenvalue weighted by Gasteiger charge is 2.11. The van der Waals surface area contributed by atoms with Crippen molar-refractivity contribution >= 4 is 45.9 Å². The molecule has 0 radical (unpaired) electrons. The number of hydrogen-bond donors (Lipinski definition) is 2. The van der Waals surface area contributed by atoms with Gasteiger partial charge < -0.3 is 10.6 Å². The number of aliphatic imine (C=N–C) groups is 1. The van der Waals surface area contributed by atoms with Gasteiger partial charge in [-0.3, -0.25) is 4.99 Å². The zero-order valence-corrected chi connectivity index (χ0v) is 16.5. The van der Waals surface area contributed by atoms with Crippen LogP contribution < -0.4 is 10.6 Å². The fourth-order valence-corrected chi connectivity index (χ4v) is 2.67. The van der Waals surface area contributed by atoms with Crippen LogP contribution in [0, 0.1) is 5.82 Å². The van der Waals surface area contributed by atoms with Crippen molar-refractivity contribution in [3.8, 4) is 0 Å². The van der Waals surface area contributed by atoms with Gasteiger partial charge >= 0.3 is 0 Å². The highest BCUT2D eigenvalue weighted by atomic mass is 127. The molecule has 0 saturated heterocycles. The SMILES string of the molecule is CN=C(NCCCc1ccc(Br)cc1F)NC1CC=CC1.I. The van der Waals surface area contributed by atoms with Crippen LogP contribution in [0.2, 0.25) is 0 Å². The molecule has 0 unspecified atom stereocenters. The fraction of sp³-hybridized carbons (Fsp3) is 0.438. The van der Waals surface area contributed by atoms with Gasteiger partial charge in [-0.05, 0) is 43.4 Å². The lowest BCUT2D eigenvalue weighted by atomic mass is 10.1. The second-order valence-corrected chi connectivity index (χ2v) is 6.04. The van der Waals surface area contributed by atoms with Crippen molar-refractivity contribution < 1.29 is 4.39 Å². The van der Waals surface area contributed by atoms with Gasteiger partial charge in [-0.1, -0.05) is 34.1 Å². The van der Waals surface area contributed by atoms with Gasteiger partial charge in [0.2, 0.25) is 0 Å². The van der Waals surface area contributed by atoms with Crippen molar-refractivity contribution in [3.63, 3.8) is 0 Å². The third-order valence-electron chi connectivity index (χ3n) is 3.50. The molecule has 3 nitrogen and oxygen atoms in total. The van der Waals surface area contributed by atoms with E-state index < -0.39 is 0 Å². The minimum absolute atomic E-state index is 0. The van der Waals surface area contributed by atoms with E-state index in [2.05, 4.69) is 43.7 Å². The Bertz CT molecular complexity index is 526. The van der Waals surface area contributed by atoms with E-state index in [1.807, 2.05) is 12.1 Å². The number of rotatable bonds is 5. The first-order valence-corrected chi connectivity index (χ1v) is 8.04. The van der Waals surface area contributed by atoms with Crippen LogP contribution in [0.3, 0.4) is 0 Å². The maximum absolute atomic E-state index is 13.7. The average molecular weight is 482 g/mol. The van der Waals surface area contributed by atoms with Crippen molar-refractivity contribution in [3.05, 3.63) is 46.2 Å². The third kappa shape index (κ3) is 6.24. The van der Waals surface area contributed by atoms with Crippen LogP contribution in [0.15, 0.2) is 39.8 Å². The first-order valence-electron chi connectivity index (χ1n) is 7.25. The van der Waals surface area contributed by atoms with Gasteiger partial charge in [0.1, 0.15) is 5.82 Å². The Hall–Kier alpha value is -0.630. The normalized spacial score (nSPS) is 14.8. The molecule has 1 aliphatic rings. The Balaban J connectivity index is 0.00000242. The van der Waals surface area contributed by atoms with Gasteiger partial charge in [-0.2, -0.15) is 0 Å². The number of nitrogens with one attached hydrogen (secondary N) is 2. The Morgan fingerprint density at radius 2 is 2.09 bits per heavy atom. The van der Waals surface area contributed by atoms with E-state index in [0.29, 0.717) is 12.5 Å². The maximum atomic E-state index is 13.7. The summed E-state index contributed by atoms with van der Waals surface area (Å²) in [6, 6.07) is 5.66. The van der Waals surface area contributed by atoms with E-state index in [4.69, 9.17) is 0 Å². The molecule has 1 aliphatic carbocycles. The monoisotopic (exact) mass is 481 g/mol. The molecule has 1 aromatic carbocycles. The smallest absolute Gasteiger partial charge is 0.191 e. The first-order chi connectivity index (χ1) is 10.2. The summed E-state index contributed by atoms with van der Waals surface area (Å²) in [5.41, 5.74) is 0.753. The lowest BCUT2D eigenvalue weighted by Crippen LogP contribution is -2.42. The summed E-state index contributed by atoms with van der Waals surface area (Å²) in [5, 5.41) is 6.66. The number of hydrogen-bond acceptors (Lipinski definition) is 1. The zero-order valence-electron chi connectivity index (χ0n) is 12.6. The van der Waals surface area contributed by atoms with E-state index in [1.165, 1.54) is 6.07 Å². The molecule has 1 aromatic rings. The highest BCUT2D eigenvalue weighted by molar-refractivity contribution is 14.0. The Morgan fingerprint density at radius 3 is 2.73 bits per heavy atom. The molecule has 0 atom stereocenters. The van der Waals surface area contributed by atoms with Crippen LogP contribution in [0.25, 0.3) is 0 Å². The second-order valence-electron chi connectivity index (χ2n) is 5.12. The molecular formula is C16H22BrFIN3. The molecule has 0 bridgehead atoms. The first kappa shape index (κ1) is 19.4. The number of halogens is 3. The van der Waals surface area contributed by atoms with E-state index >= 15 is 0 Å². The molecule has 0 aromatic heterocycles. The van der Waals surface area contributed by atoms with E-state index in [1.54, 1.807) is 7.05 Å². The molecule has 2 N–H and O–H groups in total. The molecule has 6 heteroatoms. The van der Waals surface area contributed by atoms with Crippen molar-refractivity contribution in [1.82, 2.24) is 10.6 Å². The van der Waals surface area contributed by atoms with E-state index in [9.17, 15) is 4.39 Å². The topological polar surface area (TPSA) is 36.4 Å². The average Bonchev–Trinajstić information content (AvgIpc) is 2.97. The van der Waals surface area contributed by atoms with Crippen LogP contribution >= 0.6 is 39.9 Å². The molecular weight excluding hydrogens is 460 g/mol. The van der Waals surface area contributed by atoms with Crippen LogP contribution in [-0.4, -0.2) is 25.6 Å². The van der Waals surface area contributed by atoms with E-state index in [0.717, 1.165) is 41.8 Å². The molecule has 0 aliphatic heterocycles. The molecule has 22 heavy (non-hydrogen) atoms. The van der Waals surface area contributed by atoms with Gasteiger partial charge in [0.15, 0.2) is 5.96 Å². The lowest BCUT2D eigenvalue weighted by molar-refractivity contribution is 0.599. The summed E-state index contributed by atoms with van der Waals surface area (Å²) in [4.78, 5) is 4.21. The van der Waals surface area contributed by atoms with Crippen molar-refractivity contribution in [2.45, 2.75) is 31.7 Å². The molecule has 0 spiro atoms. The molecule has 0 fully saturated rings. The molecule has 0 heterocycles. The van der Waals surface area contributed by atoms with Crippen LogP contribution in [0.4, 0.5) is 4.39 Å². The number of benzene rings is 1. The van der Waals surface area contributed by atoms with E-state index in [-0.39, 0.29) is 29.8 Å². The summed E-state index contributed by atoms with van der Waals surface area (Å²) in [7, 11) is 1.77. The summed E-state index contributed by atoms with van der Waals surface area (Å²) in [6.45, 7) is 0.773. The quantitative estimate of drug-likeness (QED) is 0.219. The Labute approximate surface area is 157 Å². The molecule has 0 saturated carbocycles. The van der Waals surface area contributed by atoms with Gasteiger partial charge in [0.25, 0.3) is 0 Å². The van der Waals surface area contributed by atoms with Gasteiger partial charge in [0.05, 0.1) is 0 Å². The van der Waals surface area contributed by atoms with Crippen molar-refractivity contribution in [1.29, 1.82) is 0 Å². The minimum atomic E-state index is -0.149. The largest absolute Gasteiger partial charge is 0.356 e. The lowest BCUT2D eigenvalue weighted by Gasteiger charge is -2.16. The summed E-state index contributed by atoms with van der Waals surface area (Å²) in [6.07, 6.45) is 8.04. The second kappa shape index (κ2) is 10.2. The predicted octanol–water partition coefficient (Wildman–Crippen LogP) is 4.02.